The number of anilines is 3. The largest absolute Gasteiger partial charge is 0.367 e. The van der Waals surface area contributed by atoms with Crippen LogP contribution in [-0.4, -0.2) is 57.9 Å². The average molecular weight is 447 g/mol. The third kappa shape index (κ3) is 4.53. The molecule has 0 aromatic carbocycles. The van der Waals surface area contributed by atoms with Crippen molar-refractivity contribution in [1.82, 2.24) is 24.9 Å². The highest BCUT2D eigenvalue weighted by molar-refractivity contribution is 5.83. The lowest BCUT2D eigenvalue weighted by Crippen LogP contribution is -2.54. The fourth-order valence-corrected chi connectivity index (χ4v) is 5.00. The number of hydrogen-bond donors (Lipinski definition) is 2. The van der Waals surface area contributed by atoms with Crippen LogP contribution < -0.4 is 20.5 Å². The van der Waals surface area contributed by atoms with E-state index in [2.05, 4.69) is 67.7 Å². The number of hydrogen-bond acceptors (Lipinski definition) is 7. The molecule has 3 aromatic rings. The van der Waals surface area contributed by atoms with Crippen molar-refractivity contribution in [1.29, 1.82) is 0 Å². The van der Waals surface area contributed by atoms with Crippen LogP contribution in [-0.2, 0) is 0 Å². The lowest BCUT2D eigenvalue weighted by Gasteiger charge is -2.37. The molecule has 2 N–H and O–H groups in total. The molecule has 174 valence electrons. The van der Waals surface area contributed by atoms with Crippen LogP contribution in [0.1, 0.15) is 45.7 Å². The zero-order valence-corrected chi connectivity index (χ0v) is 19.9. The van der Waals surface area contributed by atoms with Gasteiger partial charge in [0.1, 0.15) is 5.82 Å². The monoisotopic (exact) mass is 446 g/mol. The van der Waals surface area contributed by atoms with E-state index in [1.807, 2.05) is 25.4 Å². The molecule has 2 aliphatic rings. The quantitative estimate of drug-likeness (QED) is 0.615. The summed E-state index contributed by atoms with van der Waals surface area (Å²) in [7, 11) is 0. The van der Waals surface area contributed by atoms with Gasteiger partial charge < -0.3 is 20.5 Å². The van der Waals surface area contributed by atoms with E-state index < -0.39 is 0 Å². The molecule has 0 saturated carbocycles. The summed E-state index contributed by atoms with van der Waals surface area (Å²) in [5.74, 6) is 1.29. The van der Waals surface area contributed by atoms with E-state index in [4.69, 9.17) is 4.98 Å². The predicted octanol–water partition coefficient (Wildman–Crippen LogP) is 3.91. The topological polar surface area (TPSA) is 74.1 Å². The van der Waals surface area contributed by atoms with Crippen molar-refractivity contribution in [3.05, 3.63) is 42.9 Å². The number of piperidine rings is 1. The minimum Gasteiger partial charge on any atom is -0.367 e. The Kier molecular flexibility index (Phi) is 5.93. The van der Waals surface area contributed by atoms with Gasteiger partial charge in [0.2, 0.25) is 5.95 Å². The molecule has 33 heavy (non-hydrogen) atoms. The van der Waals surface area contributed by atoms with Crippen molar-refractivity contribution in [2.75, 3.05) is 41.4 Å². The van der Waals surface area contributed by atoms with Crippen LogP contribution in [0.2, 0.25) is 0 Å². The van der Waals surface area contributed by atoms with Gasteiger partial charge in [0.25, 0.3) is 0 Å². The molecule has 0 unspecified atom stereocenters. The molecule has 0 radical (unpaired) electrons. The molecule has 5 heterocycles. The predicted molar refractivity (Wildman–Crippen MR) is 136 cm³/mol. The van der Waals surface area contributed by atoms with Gasteiger partial charge in [-0.05, 0) is 63.8 Å². The van der Waals surface area contributed by atoms with Gasteiger partial charge in [0, 0.05) is 49.8 Å². The second-order valence-electron chi connectivity index (χ2n) is 9.51. The van der Waals surface area contributed by atoms with Crippen LogP contribution in [0.15, 0.2) is 37.2 Å². The normalized spacial score (nSPS) is 21.4. The third-order valence-electron chi connectivity index (χ3n) is 6.48. The maximum absolute atomic E-state index is 4.88. The van der Waals surface area contributed by atoms with E-state index in [1.165, 1.54) is 19.3 Å². The lowest BCUT2D eigenvalue weighted by atomic mass is 10.1. The molecule has 2 aliphatic heterocycles. The summed E-state index contributed by atoms with van der Waals surface area (Å²) in [4.78, 5) is 16.5. The summed E-state index contributed by atoms with van der Waals surface area (Å²) in [5, 5.41) is 10.3. The number of piperazine rings is 1. The Labute approximate surface area is 195 Å². The second-order valence-corrected chi connectivity index (χ2v) is 9.51. The number of aromatic nitrogens is 4. The Morgan fingerprint density at radius 1 is 1.06 bits per heavy atom. The van der Waals surface area contributed by atoms with E-state index in [-0.39, 0.29) is 0 Å². The maximum atomic E-state index is 4.88. The molecule has 2 atom stereocenters. The van der Waals surface area contributed by atoms with E-state index >= 15 is 0 Å². The van der Waals surface area contributed by atoms with Crippen LogP contribution in [0.5, 0.6) is 0 Å². The Morgan fingerprint density at radius 3 is 2.48 bits per heavy atom. The van der Waals surface area contributed by atoms with Crippen molar-refractivity contribution >= 4 is 34.1 Å². The molecule has 8 heteroatoms. The van der Waals surface area contributed by atoms with Crippen LogP contribution >= 0.6 is 0 Å². The van der Waals surface area contributed by atoms with Gasteiger partial charge in [0.15, 0.2) is 5.65 Å². The van der Waals surface area contributed by atoms with Gasteiger partial charge in [-0.25, -0.2) is 14.6 Å². The number of nitrogens with zero attached hydrogens (tertiary/aromatic N) is 6. The Bertz CT molecular complexity index is 1120. The first kappa shape index (κ1) is 21.7. The van der Waals surface area contributed by atoms with E-state index in [0.717, 1.165) is 60.0 Å². The fraction of sp³-hybridized carbons (Fsp3) is 0.480. The maximum Gasteiger partial charge on any atom is 0.230 e. The summed E-state index contributed by atoms with van der Waals surface area (Å²) < 4.78 is 2.23. The standard InChI is InChI=1S/C25H34N8/c1-17(2)22-12-20-13-27-25(30-24(20)33(22)32-10-6-5-7-11-32)29-23-9-8-21(14-26-23)31-15-18(3)28-19(4)16-31/h8-9,12-14,18-19,28H,1,5-7,10-11,15-16H2,2-4H3,(H,26,27,29,30)/t18-,19+. The third-order valence-corrected chi connectivity index (χ3v) is 6.48. The summed E-state index contributed by atoms with van der Waals surface area (Å²) in [6.45, 7) is 14.7. The summed E-state index contributed by atoms with van der Waals surface area (Å²) in [5.41, 5.74) is 4.18. The minimum atomic E-state index is 0.465. The molecule has 8 nitrogen and oxygen atoms in total. The average Bonchev–Trinajstić information content (AvgIpc) is 3.19. The fourth-order valence-electron chi connectivity index (χ4n) is 5.00. The van der Waals surface area contributed by atoms with Crippen molar-refractivity contribution in [2.45, 2.75) is 52.1 Å². The molecule has 5 rings (SSSR count). The Balaban J connectivity index is 1.39. The van der Waals surface area contributed by atoms with Gasteiger partial charge >= 0.3 is 0 Å². The lowest BCUT2D eigenvalue weighted by molar-refractivity contribution is 0.407. The van der Waals surface area contributed by atoms with E-state index in [0.29, 0.717) is 18.0 Å². The Morgan fingerprint density at radius 2 is 1.82 bits per heavy atom. The van der Waals surface area contributed by atoms with Crippen LogP contribution in [0.25, 0.3) is 16.6 Å². The van der Waals surface area contributed by atoms with Crippen LogP contribution in [0.3, 0.4) is 0 Å². The van der Waals surface area contributed by atoms with Gasteiger partial charge in [-0.3, -0.25) is 0 Å². The summed E-state index contributed by atoms with van der Waals surface area (Å²) >= 11 is 0. The number of pyridine rings is 1. The van der Waals surface area contributed by atoms with E-state index in [1.54, 1.807) is 0 Å². The first-order valence-electron chi connectivity index (χ1n) is 12.0. The highest BCUT2D eigenvalue weighted by Gasteiger charge is 2.22. The molecular weight excluding hydrogens is 412 g/mol. The molecule has 0 bridgehead atoms. The number of nitrogens with one attached hydrogen (secondary N) is 2. The van der Waals surface area contributed by atoms with Gasteiger partial charge in [-0.2, -0.15) is 4.98 Å². The van der Waals surface area contributed by atoms with Crippen LogP contribution in [0.4, 0.5) is 17.5 Å². The molecule has 0 amide bonds. The van der Waals surface area contributed by atoms with Gasteiger partial charge in [0.05, 0.1) is 17.6 Å². The van der Waals surface area contributed by atoms with E-state index in [9.17, 15) is 0 Å². The van der Waals surface area contributed by atoms with Crippen molar-refractivity contribution in [3.8, 4) is 0 Å². The Hall–Kier alpha value is -3.13. The van der Waals surface area contributed by atoms with Crippen molar-refractivity contribution in [3.63, 3.8) is 0 Å². The summed E-state index contributed by atoms with van der Waals surface area (Å²) in [6.07, 6.45) is 7.50. The molecule has 0 aliphatic carbocycles. The van der Waals surface area contributed by atoms with Gasteiger partial charge in [-0.15, -0.1) is 0 Å². The van der Waals surface area contributed by atoms with Crippen molar-refractivity contribution < 1.29 is 0 Å². The molecule has 3 aromatic heterocycles. The zero-order chi connectivity index (χ0) is 22.9. The van der Waals surface area contributed by atoms with Crippen molar-refractivity contribution in [2.24, 2.45) is 0 Å². The summed E-state index contributed by atoms with van der Waals surface area (Å²) in [6, 6.07) is 7.19. The molecule has 0 spiro atoms. The highest BCUT2D eigenvalue weighted by atomic mass is 15.6. The molecule has 2 saturated heterocycles. The number of fused-ring (bicyclic) bond motifs is 1. The second kappa shape index (κ2) is 9.02. The zero-order valence-electron chi connectivity index (χ0n) is 19.9. The van der Waals surface area contributed by atoms with Crippen LogP contribution in [0, 0.1) is 0 Å². The first-order chi connectivity index (χ1) is 16.0. The first-order valence-corrected chi connectivity index (χ1v) is 12.0. The minimum absolute atomic E-state index is 0.465. The molecule has 2 fully saturated rings. The number of allylic oxidation sites excluding steroid dienone is 1. The SMILES string of the molecule is C=C(C)c1cc2cnc(Nc3ccc(N4C[C@@H](C)N[C@@H](C)C4)cn3)nc2n1N1CCCCC1. The number of rotatable bonds is 5. The highest BCUT2D eigenvalue weighted by Crippen LogP contribution is 2.26. The smallest absolute Gasteiger partial charge is 0.230 e. The molecular formula is C25H34N8. The van der Waals surface area contributed by atoms with Gasteiger partial charge in [-0.1, -0.05) is 6.58 Å².